The van der Waals surface area contributed by atoms with Crippen molar-refractivity contribution in [1.82, 2.24) is 5.32 Å². The van der Waals surface area contributed by atoms with E-state index in [-0.39, 0.29) is 19.2 Å². The Labute approximate surface area is 133 Å². The third kappa shape index (κ3) is 4.34. The second kappa shape index (κ2) is 7.30. The van der Waals surface area contributed by atoms with Gasteiger partial charge in [0.15, 0.2) is 11.5 Å². The normalized spacial score (nSPS) is 13.8. The van der Waals surface area contributed by atoms with E-state index in [9.17, 15) is 9.50 Å². The van der Waals surface area contributed by atoms with Gasteiger partial charge in [-0.25, -0.2) is 4.39 Å². The Morgan fingerprint density at radius 2 is 2.04 bits per heavy atom. The molecular formula is C17H18FNO4. The van der Waals surface area contributed by atoms with E-state index in [0.29, 0.717) is 30.3 Å². The molecule has 0 unspecified atom stereocenters. The van der Waals surface area contributed by atoms with Crippen molar-refractivity contribution in [3.63, 3.8) is 0 Å². The number of fused-ring (bicyclic) bond motifs is 1. The number of hydrogen-bond donors (Lipinski definition) is 2. The summed E-state index contributed by atoms with van der Waals surface area (Å²) in [6.07, 6.45) is -0.672. The van der Waals surface area contributed by atoms with Crippen LogP contribution in [0.2, 0.25) is 0 Å². The Morgan fingerprint density at radius 3 is 2.91 bits per heavy atom. The minimum Gasteiger partial charge on any atom is -0.491 e. The van der Waals surface area contributed by atoms with Crippen LogP contribution in [0.3, 0.4) is 0 Å². The van der Waals surface area contributed by atoms with Crippen molar-refractivity contribution in [2.75, 3.05) is 19.9 Å². The molecule has 0 saturated heterocycles. The molecule has 1 aliphatic rings. The highest BCUT2D eigenvalue weighted by Crippen LogP contribution is 2.35. The van der Waals surface area contributed by atoms with Crippen LogP contribution in [-0.2, 0) is 6.54 Å². The molecule has 2 aromatic rings. The van der Waals surface area contributed by atoms with Crippen LogP contribution in [0.5, 0.6) is 17.2 Å². The van der Waals surface area contributed by atoms with Crippen molar-refractivity contribution in [2.24, 2.45) is 0 Å². The van der Waals surface area contributed by atoms with Gasteiger partial charge in [0.25, 0.3) is 0 Å². The van der Waals surface area contributed by atoms with Gasteiger partial charge in [0.2, 0.25) is 6.79 Å². The second-order valence-corrected chi connectivity index (χ2v) is 5.24. The summed E-state index contributed by atoms with van der Waals surface area (Å²) in [7, 11) is 0. The first-order valence-electron chi connectivity index (χ1n) is 7.36. The van der Waals surface area contributed by atoms with Crippen molar-refractivity contribution >= 4 is 0 Å². The molecule has 0 aromatic heterocycles. The van der Waals surface area contributed by atoms with E-state index < -0.39 is 6.10 Å². The van der Waals surface area contributed by atoms with Gasteiger partial charge in [0, 0.05) is 19.2 Å². The van der Waals surface area contributed by atoms with Crippen LogP contribution in [0.1, 0.15) is 5.56 Å². The molecule has 0 amide bonds. The van der Waals surface area contributed by atoms with Crippen LogP contribution in [0.25, 0.3) is 0 Å². The summed E-state index contributed by atoms with van der Waals surface area (Å²) in [5.41, 5.74) is 0.828. The van der Waals surface area contributed by atoms with Gasteiger partial charge in [-0.15, -0.1) is 0 Å². The molecule has 0 aliphatic carbocycles. The van der Waals surface area contributed by atoms with E-state index >= 15 is 0 Å². The zero-order valence-corrected chi connectivity index (χ0v) is 12.5. The van der Waals surface area contributed by atoms with Crippen LogP contribution in [0.15, 0.2) is 42.5 Å². The lowest BCUT2D eigenvalue weighted by Gasteiger charge is -2.13. The molecule has 6 heteroatoms. The Balaban J connectivity index is 1.40. The maximum Gasteiger partial charge on any atom is 0.231 e. The third-order valence-electron chi connectivity index (χ3n) is 3.38. The molecule has 23 heavy (non-hydrogen) atoms. The molecular weight excluding hydrogens is 301 g/mol. The van der Waals surface area contributed by atoms with E-state index in [1.165, 1.54) is 12.1 Å². The van der Waals surface area contributed by atoms with Crippen LogP contribution in [-0.4, -0.2) is 31.2 Å². The summed E-state index contributed by atoms with van der Waals surface area (Å²) < 4.78 is 29.0. The fourth-order valence-electron chi connectivity index (χ4n) is 2.25. The van der Waals surface area contributed by atoms with Crippen LogP contribution in [0.4, 0.5) is 4.39 Å². The Hall–Kier alpha value is -2.31. The molecule has 122 valence electrons. The van der Waals surface area contributed by atoms with Crippen LogP contribution < -0.4 is 19.5 Å². The number of aliphatic hydroxyl groups is 1. The van der Waals surface area contributed by atoms with Crippen molar-refractivity contribution < 1.29 is 23.7 Å². The predicted octanol–water partition coefficient (Wildman–Crippen LogP) is 2.08. The summed E-state index contributed by atoms with van der Waals surface area (Å²) in [6.45, 7) is 1.20. The molecule has 1 atom stereocenters. The number of halogens is 1. The monoisotopic (exact) mass is 319 g/mol. The lowest BCUT2D eigenvalue weighted by Crippen LogP contribution is -2.31. The summed E-state index contributed by atoms with van der Waals surface area (Å²) in [6, 6.07) is 11.6. The largest absolute Gasteiger partial charge is 0.491 e. The predicted molar refractivity (Wildman–Crippen MR) is 82.2 cm³/mol. The van der Waals surface area contributed by atoms with Gasteiger partial charge in [-0.05, 0) is 29.8 Å². The SMILES string of the molecule is O[C@H](CNCc1cccc(F)c1)COc1ccc2c(c1)OCO2. The summed E-state index contributed by atoms with van der Waals surface area (Å²) in [5.74, 6) is 1.67. The molecule has 0 spiro atoms. The van der Waals surface area contributed by atoms with E-state index in [1.807, 2.05) is 6.07 Å². The van der Waals surface area contributed by atoms with Crippen molar-refractivity contribution in [2.45, 2.75) is 12.6 Å². The topological polar surface area (TPSA) is 60.0 Å². The molecule has 0 fully saturated rings. The smallest absolute Gasteiger partial charge is 0.231 e. The second-order valence-electron chi connectivity index (χ2n) is 5.24. The van der Waals surface area contributed by atoms with E-state index in [4.69, 9.17) is 14.2 Å². The first kappa shape index (κ1) is 15.6. The number of ether oxygens (including phenoxy) is 3. The molecule has 0 saturated carbocycles. The van der Waals surface area contributed by atoms with Gasteiger partial charge in [-0.1, -0.05) is 12.1 Å². The van der Waals surface area contributed by atoms with Gasteiger partial charge in [0.05, 0.1) is 0 Å². The Kier molecular flexibility index (Phi) is 4.95. The maximum atomic E-state index is 13.0. The van der Waals surface area contributed by atoms with Crippen molar-refractivity contribution in [1.29, 1.82) is 0 Å². The number of hydrogen-bond acceptors (Lipinski definition) is 5. The molecule has 0 bridgehead atoms. The first-order chi connectivity index (χ1) is 11.2. The Bertz CT molecular complexity index is 665. The number of benzene rings is 2. The molecule has 0 radical (unpaired) electrons. The molecule has 1 aliphatic heterocycles. The molecule has 3 rings (SSSR count). The van der Waals surface area contributed by atoms with Gasteiger partial charge in [-0.3, -0.25) is 0 Å². The summed E-state index contributed by atoms with van der Waals surface area (Å²) in [5, 5.41) is 13.0. The molecule has 2 aromatic carbocycles. The third-order valence-corrected chi connectivity index (χ3v) is 3.38. The number of rotatable bonds is 7. The van der Waals surface area contributed by atoms with E-state index in [1.54, 1.807) is 24.3 Å². The fraction of sp³-hybridized carbons (Fsp3) is 0.294. The zero-order valence-electron chi connectivity index (χ0n) is 12.5. The zero-order chi connectivity index (χ0) is 16.1. The highest BCUT2D eigenvalue weighted by molar-refractivity contribution is 5.46. The van der Waals surface area contributed by atoms with Crippen LogP contribution in [0, 0.1) is 5.82 Å². The van der Waals surface area contributed by atoms with Crippen molar-refractivity contribution in [3.8, 4) is 17.2 Å². The molecule has 5 nitrogen and oxygen atoms in total. The average molecular weight is 319 g/mol. The molecule has 1 heterocycles. The number of aliphatic hydroxyl groups excluding tert-OH is 1. The Morgan fingerprint density at radius 1 is 1.17 bits per heavy atom. The van der Waals surface area contributed by atoms with E-state index in [2.05, 4.69) is 5.32 Å². The van der Waals surface area contributed by atoms with Gasteiger partial charge < -0.3 is 24.6 Å². The van der Waals surface area contributed by atoms with Gasteiger partial charge in [-0.2, -0.15) is 0 Å². The highest BCUT2D eigenvalue weighted by atomic mass is 19.1. The standard InChI is InChI=1S/C17H18FNO4/c18-13-3-1-2-12(6-13)8-19-9-14(20)10-21-15-4-5-16-17(7-15)23-11-22-16/h1-7,14,19-20H,8-11H2/t14-/m1/s1. The van der Waals surface area contributed by atoms with Crippen molar-refractivity contribution in [3.05, 3.63) is 53.8 Å². The van der Waals surface area contributed by atoms with Crippen LogP contribution >= 0.6 is 0 Å². The minimum absolute atomic E-state index is 0.149. The fourth-order valence-corrected chi connectivity index (χ4v) is 2.25. The minimum atomic E-state index is -0.672. The van der Waals surface area contributed by atoms with Gasteiger partial charge in [0.1, 0.15) is 24.3 Å². The molecule has 2 N–H and O–H groups in total. The number of nitrogens with one attached hydrogen (secondary N) is 1. The maximum absolute atomic E-state index is 13.0. The average Bonchev–Trinajstić information content (AvgIpc) is 3.00. The lowest BCUT2D eigenvalue weighted by molar-refractivity contribution is 0.106. The summed E-state index contributed by atoms with van der Waals surface area (Å²) >= 11 is 0. The summed E-state index contributed by atoms with van der Waals surface area (Å²) in [4.78, 5) is 0. The first-order valence-corrected chi connectivity index (χ1v) is 7.36. The van der Waals surface area contributed by atoms with E-state index in [0.717, 1.165) is 5.56 Å². The quantitative estimate of drug-likeness (QED) is 0.818. The highest BCUT2D eigenvalue weighted by Gasteiger charge is 2.14. The van der Waals surface area contributed by atoms with Gasteiger partial charge >= 0.3 is 0 Å². The lowest BCUT2D eigenvalue weighted by atomic mass is 10.2.